The van der Waals surface area contributed by atoms with Gasteiger partial charge < -0.3 is 15.0 Å². The molecule has 6 heteroatoms. The summed E-state index contributed by atoms with van der Waals surface area (Å²) in [5, 5.41) is 10.8. The van der Waals surface area contributed by atoms with E-state index in [2.05, 4.69) is 5.32 Å². The van der Waals surface area contributed by atoms with Crippen LogP contribution >= 0.6 is 0 Å². The number of hydrogen-bond donors (Lipinski definition) is 2. The molecule has 1 heterocycles. The van der Waals surface area contributed by atoms with Crippen LogP contribution < -0.4 is 10.9 Å². The van der Waals surface area contributed by atoms with E-state index < -0.39 is 17.9 Å². The fourth-order valence-electron chi connectivity index (χ4n) is 1.09. The third-order valence-electron chi connectivity index (χ3n) is 1.96. The Labute approximate surface area is 91.5 Å². The van der Waals surface area contributed by atoms with Gasteiger partial charge in [-0.2, -0.15) is 0 Å². The maximum absolute atomic E-state index is 11.3. The van der Waals surface area contributed by atoms with E-state index in [-0.39, 0.29) is 12.1 Å². The van der Waals surface area contributed by atoms with E-state index in [1.165, 1.54) is 23.8 Å². The van der Waals surface area contributed by atoms with Crippen LogP contribution in [0.25, 0.3) is 0 Å². The molecule has 0 aliphatic heterocycles. The normalized spacial score (nSPS) is 11.8. The average Bonchev–Trinajstić information content (AvgIpc) is 2.21. The van der Waals surface area contributed by atoms with Gasteiger partial charge in [-0.3, -0.25) is 14.4 Å². The first kappa shape index (κ1) is 12.0. The van der Waals surface area contributed by atoms with E-state index in [1.54, 1.807) is 12.1 Å². The largest absolute Gasteiger partial charge is 0.480 e. The maximum Gasteiger partial charge on any atom is 0.325 e. The second kappa shape index (κ2) is 5.11. The third-order valence-corrected chi connectivity index (χ3v) is 1.96. The molecule has 16 heavy (non-hydrogen) atoms. The topological polar surface area (TPSA) is 88.4 Å². The molecule has 0 radical (unpaired) electrons. The highest BCUT2D eigenvalue weighted by molar-refractivity contribution is 5.83. The van der Waals surface area contributed by atoms with Crippen molar-refractivity contribution in [2.45, 2.75) is 19.5 Å². The molecular formula is C10H12N2O4. The molecule has 0 aromatic carbocycles. The fourth-order valence-corrected chi connectivity index (χ4v) is 1.09. The van der Waals surface area contributed by atoms with Crippen LogP contribution in [0.1, 0.15) is 6.92 Å². The van der Waals surface area contributed by atoms with Gasteiger partial charge in [-0.15, -0.1) is 0 Å². The Morgan fingerprint density at radius 2 is 2.19 bits per heavy atom. The molecule has 1 atom stereocenters. The van der Waals surface area contributed by atoms with Crippen molar-refractivity contribution in [2.24, 2.45) is 0 Å². The summed E-state index contributed by atoms with van der Waals surface area (Å²) in [4.78, 5) is 33.1. The number of aromatic nitrogens is 1. The number of carboxylic acids is 1. The lowest BCUT2D eigenvalue weighted by Crippen LogP contribution is -2.41. The Hall–Kier alpha value is -2.11. The van der Waals surface area contributed by atoms with E-state index in [0.29, 0.717) is 0 Å². The molecule has 1 aromatic rings. The molecule has 6 nitrogen and oxygen atoms in total. The minimum Gasteiger partial charge on any atom is -0.480 e. The minimum absolute atomic E-state index is 0.183. The van der Waals surface area contributed by atoms with Crippen LogP contribution in [0.3, 0.4) is 0 Å². The lowest BCUT2D eigenvalue weighted by atomic mass is 10.3. The number of carbonyl (C=O) groups is 2. The summed E-state index contributed by atoms with van der Waals surface area (Å²) >= 11 is 0. The molecule has 0 aliphatic carbocycles. The van der Waals surface area contributed by atoms with Gasteiger partial charge in [-0.1, -0.05) is 6.07 Å². The molecule has 0 bridgehead atoms. The zero-order valence-electron chi connectivity index (χ0n) is 8.71. The van der Waals surface area contributed by atoms with Crippen LogP contribution in [0.2, 0.25) is 0 Å². The molecule has 1 rings (SSSR count). The summed E-state index contributed by atoms with van der Waals surface area (Å²) in [5.41, 5.74) is -0.305. The van der Waals surface area contributed by atoms with Crippen LogP contribution in [0.4, 0.5) is 0 Å². The van der Waals surface area contributed by atoms with Crippen LogP contribution in [0.5, 0.6) is 0 Å². The first-order chi connectivity index (χ1) is 7.50. The predicted molar refractivity (Wildman–Crippen MR) is 55.9 cm³/mol. The highest BCUT2D eigenvalue weighted by atomic mass is 16.4. The third kappa shape index (κ3) is 3.23. The van der Waals surface area contributed by atoms with Gasteiger partial charge in [-0.05, 0) is 13.0 Å². The van der Waals surface area contributed by atoms with Crippen molar-refractivity contribution in [3.05, 3.63) is 34.7 Å². The number of carboxylic acid groups (broad SMARTS) is 1. The summed E-state index contributed by atoms with van der Waals surface area (Å²) in [6.07, 6.45) is 1.47. The smallest absolute Gasteiger partial charge is 0.325 e. The van der Waals surface area contributed by atoms with Crippen LogP contribution in [0, 0.1) is 0 Å². The summed E-state index contributed by atoms with van der Waals surface area (Å²) in [5.74, 6) is -1.63. The second-order valence-electron chi connectivity index (χ2n) is 3.29. The maximum atomic E-state index is 11.3. The number of rotatable bonds is 4. The van der Waals surface area contributed by atoms with E-state index >= 15 is 0 Å². The molecule has 1 aromatic heterocycles. The number of aliphatic carboxylic acids is 1. The van der Waals surface area contributed by atoms with Gasteiger partial charge in [0.25, 0.3) is 5.56 Å². The number of pyridine rings is 1. The Balaban J connectivity index is 2.62. The van der Waals surface area contributed by atoms with Crippen LogP contribution in [0.15, 0.2) is 29.2 Å². The summed E-state index contributed by atoms with van der Waals surface area (Å²) in [7, 11) is 0. The van der Waals surface area contributed by atoms with Crippen molar-refractivity contribution in [1.29, 1.82) is 0 Å². The highest BCUT2D eigenvalue weighted by Crippen LogP contribution is 1.85. The van der Waals surface area contributed by atoms with E-state index in [0.717, 1.165) is 0 Å². The monoisotopic (exact) mass is 224 g/mol. The molecule has 0 fully saturated rings. The van der Waals surface area contributed by atoms with Crippen molar-refractivity contribution in [1.82, 2.24) is 9.88 Å². The number of nitrogens with zero attached hydrogens (tertiary/aromatic N) is 1. The lowest BCUT2D eigenvalue weighted by Gasteiger charge is -2.09. The first-order valence-electron chi connectivity index (χ1n) is 4.68. The molecule has 1 amide bonds. The quantitative estimate of drug-likeness (QED) is 0.717. The highest BCUT2D eigenvalue weighted by Gasteiger charge is 2.13. The molecule has 0 saturated heterocycles. The second-order valence-corrected chi connectivity index (χ2v) is 3.29. The van der Waals surface area contributed by atoms with Crippen molar-refractivity contribution in [2.75, 3.05) is 0 Å². The molecule has 0 saturated carbocycles. The van der Waals surface area contributed by atoms with Crippen molar-refractivity contribution < 1.29 is 14.7 Å². The first-order valence-corrected chi connectivity index (χ1v) is 4.68. The van der Waals surface area contributed by atoms with Gasteiger partial charge in [0.05, 0.1) is 0 Å². The predicted octanol–water partition coefficient (Wildman–Crippen LogP) is -0.562. The van der Waals surface area contributed by atoms with Crippen molar-refractivity contribution in [3.63, 3.8) is 0 Å². The number of nitrogens with one attached hydrogen (secondary N) is 1. The Kier molecular flexibility index (Phi) is 3.82. The minimum atomic E-state index is -1.12. The zero-order valence-corrected chi connectivity index (χ0v) is 8.71. The summed E-state index contributed by atoms with van der Waals surface area (Å²) in [6, 6.07) is 3.55. The molecule has 0 aliphatic rings. The van der Waals surface area contributed by atoms with Crippen molar-refractivity contribution >= 4 is 11.9 Å². The van der Waals surface area contributed by atoms with Gasteiger partial charge in [0.2, 0.25) is 5.91 Å². The average molecular weight is 224 g/mol. The van der Waals surface area contributed by atoms with E-state index in [4.69, 9.17) is 5.11 Å². The molecule has 0 spiro atoms. The lowest BCUT2D eigenvalue weighted by molar-refractivity contribution is -0.141. The Morgan fingerprint density at radius 1 is 1.50 bits per heavy atom. The number of hydrogen-bond acceptors (Lipinski definition) is 3. The number of carbonyl (C=O) groups excluding carboxylic acids is 1. The summed E-state index contributed by atoms with van der Waals surface area (Å²) in [6.45, 7) is 1.17. The molecule has 0 unspecified atom stereocenters. The van der Waals surface area contributed by atoms with Crippen LogP contribution in [-0.2, 0) is 16.1 Å². The van der Waals surface area contributed by atoms with Gasteiger partial charge in [0.1, 0.15) is 12.6 Å². The van der Waals surface area contributed by atoms with Gasteiger partial charge in [-0.25, -0.2) is 0 Å². The van der Waals surface area contributed by atoms with Gasteiger partial charge >= 0.3 is 5.97 Å². The molecule has 2 N–H and O–H groups in total. The van der Waals surface area contributed by atoms with Gasteiger partial charge in [0, 0.05) is 12.3 Å². The van der Waals surface area contributed by atoms with Crippen LogP contribution in [-0.4, -0.2) is 27.6 Å². The Morgan fingerprint density at radius 3 is 2.75 bits per heavy atom. The van der Waals surface area contributed by atoms with Crippen molar-refractivity contribution in [3.8, 4) is 0 Å². The number of amides is 1. The standard InChI is InChI=1S/C10H12N2O4/c1-7(10(15)16)11-8(13)6-12-5-3-2-4-9(12)14/h2-5,7H,6H2,1H3,(H,11,13)(H,15,16)/t7-/m0/s1. The fraction of sp³-hybridized carbons (Fsp3) is 0.300. The van der Waals surface area contributed by atoms with Gasteiger partial charge in [0.15, 0.2) is 0 Å². The summed E-state index contributed by atoms with van der Waals surface area (Å²) < 4.78 is 1.20. The molecule has 86 valence electrons. The zero-order chi connectivity index (χ0) is 12.1. The molecular weight excluding hydrogens is 212 g/mol. The SMILES string of the molecule is C[C@H](NC(=O)Cn1ccccc1=O)C(=O)O. The van der Waals surface area contributed by atoms with E-state index in [9.17, 15) is 14.4 Å². The Bertz CT molecular complexity index is 452. The van der Waals surface area contributed by atoms with E-state index in [1.807, 2.05) is 0 Å².